The second kappa shape index (κ2) is 26.7. The van der Waals surface area contributed by atoms with E-state index in [-0.39, 0.29) is 53.1 Å². The lowest BCUT2D eigenvalue weighted by Gasteiger charge is -2.62. The molecule has 29 heteroatoms. The van der Waals surface area contributed by atoms with E-state index >= 15 is 0 Å². The Bertz CT molecular complexity index is 2210. The summed E-state index contributed by atoms with van der Waals surface area (Å²) >= 11 is 0. The van der Waals surface area contributed by atoms with Crippen LogP contribution in [0.3, 0.4) is 0 Å². The highest BCUT2D eigenvalue weighted by atomic mass is 16.8. The average Bonchev–Trinajstić information content (AvgIpc) is 1.53. The highest BCUT2D eigenvalue weighted by molar-refractivity contribution is 5.16. The Hall–Kier alpha value is -1.16. The van der Waals surface area contributed by atoms with Gasteiger partial charge in [-0.1, -0.05) is 27.7 Å². The van der Waals surface area contributed by atoms with Crippen LogP contribution in [0.4, 0.5) is 0 Å². The van der Waals surface area contributed by atoms with E-state index in [0.29, 0.717) is 37.5 Å². The summed E-state index contributed by atoms with van der Waals surface area (Å²) in [4.78, 5) is 0. The summed E-state index contributed by atoms with van der Waals surface area (Å²) in [7, 11) is 0. The number of fused-ring (bicyclic) bond motifs is 7. The second-order valence-corrected chi connectivity index (χ2v) is 27.2. The van der Waals surface area contributed by atoms with Gasteiger partial charge in [0.15, 0.2) is 37.2 Å². The van der Waals surface area contributed by atoms with Crippen molar-refractivity contribution in [1.82, 2.24) is 0 Å². The first-order valence-corrected chi connectivity index (χ1v) is 30.8. The lowest BCUT2D eigenvalue weighted by molar-refractivity contribution is -0.407. The van der Waals surface area contributed by atoms with Crippen molar-refractivity contribution in [2.45, 2.75) is 270 Å². The fourth-order valence-electron chi connectivity index (χ4n) is 17.1. The Morgan fingerprint density at radius 2 is 1.02 bits per heavy atom. The fourth-order valence-corrected chi connectivity index (χ4v) is 17.1. The Balaban J connectivity index is 0.780. The Kier molecular flexibility index (Phi) is 21.0. The summed E-state index contributed by atoms with van der Waals surface area (Å²) in [5.74, 6) is -0.501. The molecule has 0 radical (unpaired) electrons. The van der Waals surface area contributed by atoms with Crippen LogP contribution in [0.1, 0.15) is 92.4 Å². The zero-order valence-electron chi connectivity index (χ0n) is 49.1. The van der Waals surface area contributed by atoms with Crippen molar-refractivity contribution < 1.29 is 144 Å². The van der Waals surface area contributed by atoms with Crippen molar-refractivity contribution in [3.63, 3.8) is 0 Å². The molecule has 6 heterocycles. The molecule has 18 N–H and O–H groups in total. The van der Waals surface area contributed by atoms with Gasteiger partial charge in [-0.2, -0.15) is 0 Å². The molecular weight excluding hydrogens is 1150 g/mol. The zero-order chi connectivity index (χ0) is 62.4. The molecule has 4 saturated carbocycles. The summed E-state index contributed by atoms with van der Waals surface area (Å²) in [5.41, 5.74) is -0.423. The Morgan fingerprint density at radius 1 is 0.500 bits per heavy atom. The predicted octanol–water partition coefficient (Wildman–Crippen LogP) is -6.13. The quantitative estimate of drug-likeness (QED) is 0.0568. The average molecular weight is 1250 g/mol. The van der Waals surface area contributed by atoms with Crippen molar-refractivity contribution in [3.8, 4) is 0 Å². The van der Waals surface area contributed by atoms with Gasteiger partial charge in [-0.05, 0) is 105 Å². The van der Waals surface area contributed by atoms with Crippen molar-refractivity contribution in [3.05, 3.63) is 0 Å². The van der Waals surface area contributed by atoms with Crippen molar-refractivity contribution in [2.24, 2.45) is 52.3 Å². The van der Waals surface area contributed by atoms with Crippen LogP contribution in [0.2, 0.25) is 0 Å². The highest BCUT2D eigenvalue weighted by Gasteiger charge is 2.69. The van der Waals surface area contributed by atoms with Crippen LogP contribution < -0.4 is 0 Å². The molecule has 6 aliphatic heterocycles. The molecule has 10 aliphatic rings. The van der Waals surface area contributed by atoms with Gasteiger partial charge in [0.25, 0.3) is 0 Å². The second-order valence-electron chi connectivity index (χ2n) is 27.2. The maximum Gasteiger partial charge on any atom is 0.187 e. The normalized spacial score (nSPS) is 56.1. The van der Waals surface area contributed by atoms with Crippen LogP contribution in [0.5, 0.6) is 0 Å². The predicted molar refractivity (Wildman–Crippen MR) is 284 cm³/mol. The van der Waals surface area contributed by atoms with Gasteiger partial charge in [-0.3, -0.25) is 0 Å². The molecule has 10 rings (SSSR count). The number of aliphatic hydroxyl groups excluding tert-OH is 17. The van der Waals surface area contributed by atoms with Crippen molar-refractivity contribution in [1.29, 1.82) is 0 Å². The first kappa shape index (κ1) is 67.7. The molecule has 4 aliphatic carbocycles. The maximum absolute atomic E-state index is 12.2. The molecule has 6 saturated heterocycles. The Morgan fingerprint density at radius 3 is 1.64 bits per heavy atom. The van der Waals surface area contributed by atoms with E-state index in [0.717, 1.165) is 32.1 Å². The van der Waals surface area contributed by atoms with E-state index in [2.05, 4.69) is 20.8 Å². The van der Waals surface area contributed by atoms with Crippen molar-refractivity contribution in [2.75, 3.05) is 33.0 Å². The van der Waals surface area contributed by atoms with E-state index in [1.165, 1.54) is 0 Å². The number of rotatable bonds is 18. The summed E-state index contributed by atoms with van der Waals surface area (Å²) in [6.07, 6.45) is -39.3. The van der Waals surface area contributed by atoms with Crippen LogP contribution in [0.25, 0.3) is 0 Å². The molecule has 498 valence electrons. The van der Waals surface area contributed by atoms with Gasteiger partial charge < -0.3 is 144 Å². The number of hydrogen-bond donors (Lipinski definition) is 18. The summed E-state index contributed by atoms with van der Waals surface area (Å²) < 4.78 is 65.9. The number of ether oxygens (including phenoxy) is 11. The molecule has 0 amide bonds. The third kappa shape index (κ3) is 12.2. The molecule has 0 aromatic rings. The minimum atomic E-state index is -2.08. The van der Waals surface area contributed by atoms with E-state index in [4.69, 9.17) is 52.1 Å². The number of aliphatic hydroxyl groups is 18. The maximum atomic E-state index is 12.2. The standard InChI is InChI=1S/C57H96O29/c1-20(19-76-50-43(71)39(67)35(63)22(3)77-50)8-11-57(75)21(2)34-29(86-57)13-26-24-7-6-23-12-28(27(62)14-56(23,5)25(24)9-10-55(26,34)4)78-51-46(74)42(70)47(33(18-61)82-51)83-54-49(85-53-45(73)41(69)37(65)31(16-59)80-53)48(38(66)32(17-60)81-54)84-52-44(72)40(68)36(64)30(15-58)79-52/h20-54,58-75H,6-19H2,1-5H3/t20-,21+,22-,23+,24-,25+,26+,27-,28-,29+,30-,31-,32-,33-,34+,35-,36-,37-,38-,39+,40+,41+,42-,43-,44-,45-,46-,47+,48+,49-,50-,51-,52+,53+,54+,55+,56+,57+/m1/s1. The number of hydrogen-bond acceptors (Lipinski definition) is 29. The minimum absolute atomic E-state index is 0.0557. The van der Waals surface area contributed by atoms with Crippen molar-refractivity contribution >= 4 is 0 Å². The molecular formula is C57H96O29. The lowest BCUT2D eigenvalue weighted by atomic mass is 9.44. The van der Waals surface area contributed by atoms with Gasteiger partial charge in [0.1, 0.15) is 116 Å². The van der Waals surface area contributed by atoms with Gasteiger partial charge in [0.05, 0.1) is 57.5 Å². The highest BCUT2D eigenvalue weighted by Crippen LogP contribution is 2.71. The molecule has 86 heavy (non-hydrogen) atoms. The van der Waals surface area contributed by atoms with Gasteiger partial charge >= 0.3 is 0 Å². The minimum Gasteiger partial charge on any atom is -0.394 e. The van der Waals surface area contributed by atoms with Gasteiger partial charge in [0, 0.05) is 12.3 Å². The van der Waals surface area contributed by atoms with Crippen LogP contribution >= 0.6 is 0 Å². The molecule has 0 spiro atoms. The van der Waals surface area contributed by atoms with E-state index < -0.39 is 198 Å². The summed E-state index contributed by atoms with van der Waals surface area (Å²) in [6, 6.07) is 0. The van der Waals surface area contributed by atoms with Gasteiger partial charge in [-0.25, -0.2) is 0 Å². The SMILES string of the molecule is C[C@H](CC[C@]1(O)O[C@H]2C[C@H]3[C@@H]4CC[C@H]5C[C@@H](O[C@@H]6O[C@H](CO)[C@H](O[C@@H]7O[C@H](CO)[C@@H](O)[C@H](O[C@@H]8O[C@H](CO)[C@@H](O)[C@H](O)[C@H]8O)[C@H]7O[C@@H]7O[C@H](CO)[C@@H](O)[C@H](O)[C@H]7O)[C@H](O)[C@H]6O)[C@H](O)C[C@]5(C)[C@H]4CC[C@]3(C)[C@H]2[C@@H]1C)CO[C@@H]1O[C@H](C)[C@@H](O)[C@H](O)[C@H]1O. The van der Waals surface area contributed by atoms with Crippen LogP contribution in [-0.2, 0) is 52.1 Å². The molecule has 0 unspecified atom stereocenters. The van der Waals surface area contributed by atoms with Crippen LogP contribution in [0.15, 0.2) is 0 Å². The van der Waals surface area contributed by atoms with Gasteiger partial charge in [0.2, 0.25) is 0 Å². The molecule has 29 nitrogen and oxygen atoms in total. The summed E-state index contributed by atoms with van der Waals surface area (Å²) in [5, 5.41) is 195. The van der Waals surface area contributed by atoms with Gasteiger partial charge in [-0.15, -0.1) is 0 Å². The van der Waals surface area contributed by atoms with E-state index in [1.54, 1.807) is 6.92 Å². The monoisotopic (exact) mass is 1240 g/mol. The van der Waals surface area contributed by atoms with E-state index in [9.17, 15) is 91.9 Å². The first-order chi connectivity index (χ1) is 40.6. The summed E-state index contributed by atoms with van der Waals surface area (Å²) in [6.45, 7) is 6.80. The topological polar surface area (TPSA) is 466 Å². The molecule has 0 bridgehead atoms. The van der Waals surface area contributed by atoms with E-state index in [1.807, 2.05) is 6.92 Å². The molecule has 0 aromatic carbocycles. The molecule has 38 atom stereocenters. The molecule has 10 fully saturated rings. The van der Waals surface area contributed by atoms with Crippen LogP contribution in [0, 0.1) is 52.3 Å². The lowest BCUT2D eigenvalue weighted by Crippen LogP contribution is -2.69. The Labute approximate surface area is 498 Å². The largest absolute Gasteiger partial charge is 0.394 e. The van der Waals surface area contributed by atoms with Crippen LogP contribution in [-0.4, -0.2) is 303 Å². The third-order valence-corrected chi connectivity index (χ3v) is 22.2. The third-order valence-electron chi connectivity index (χ3n) is 22.2. The molecule has 0 aromatic heterocycles. The zero-order valence-corrected chi connectivity index (χ0v) is 49.1. The first-order valence-electron chi connectivity index (χ1n) is 30.8. The smallest absolute Gasteiger partial charge is 0.187 e. The fraction of sp³-hybridized carbons (Fsp3) is 1.00.